The van der Waals surface area contributed by atoms with E-state index in [4.69, 9.17) is 5.11 Å². The third-order valence-electron chi connectivity index (χ3n) is 2.20. The molecule has 0 fully saturated rings. The summed E-state index contributed by atoms with van der Waals surface area (Å²) in [5.41, 5.74) is 1.92. The average molecular weight is 180 g/mol. The summed E-state index contributed by atoms with van der Waals surface area (Å²) in [5, 5.41) is 9.08. The Hall–Kier alpha value is -1.09. The Morgan fingerprint density at radius 2 is 2.23 bits per heavy atom. The van der Waals surface area contributed by atoms with Gasteiger partial charge in [-0.15, -0.1) is 0 Å². The largest absolute Gasteiger partial charge is 0.392 e. The fourth-order valence-corrected chi connectivity index (χ4v) is 1.16. The van der Waals surface area contributed by atoms with Crippen LogP contribution in [-0.4, -0.2) is 23.2 Å². The van der Waals surface area contributed by atoms with Gasteiger partial charge in [0, 0.05) is 36.7 Å². The predicted molar refractivity (Wildman–Crippen MR) is 53.7 cm³/mol. The summed E-state index contributed by atoms with van der Waals surface area (Å²) in [7, 11) is 2.01. The van der Waals surface area contributed by atoms with Crippen LogP contribution in [0.15, 0.2) is 18.5 Å². The number of hydrogen-bond acceptors (Lipinski definition) is 3. The molecule has 1 rings (SSSR count). The quantitative estimate of drug-likeness (QED) is 0.764. The molecule has 72 valence electrons. The van der Waals surface area contributed by atoms with E-state index in [9.17, 15) is 0 Å². The molecule has 0 aliphatic rings. The van der Waals surface area contributed by atoms with Gasteiger partial charge in [-0.3, -0.25) is 4.98 Å². The van der Waals surface area contributed by atoms with Gasteiger partial charge >= 0.3 is 0 Å². The second kappa shape index (κ2) is 4.23. The Bertz CT molecular complexity index is 273. The maximum Gasteiger partial charge on any atom is 0.0717 e. The average Bonchev–Trinajstić information content (AvgIpc) is 2.16. The van der Waals surface area contributed by atoms with E-state index >= 15 is 0 Å². The van der Waals surface area contributed by atoms with Crippen molar-refractivity contribution >= 4 is 5.69 Å². The Morgan fingerprint density at radius 1 is 1.54 bits per heavy atom. The van der Waals surface area contributed by atoms with E-state index < -0.39 is 0 Å². The molecule has 3 nitrogen and oxygen atoms in total. The molecule has 1 heterocycles. The summed E-state index contributed by atoms with van der Waals surface area (Å²) in [6.45, 7) is 4.27. The summed E-state index contributed by atoms with van der Waals surface area (Å²) in [6, 6.07) is 2.35. The number of aliphatic hydroxyl groups is 1. The van der Waals surface area contributed by atoms with Crippen molar-refractivity contribution in [3.05, 3.63) is 24.0 Å². The molecule has 0 saturated heterocycles. The van der Waals surface area contributed by atoms with Crippen LogP contribution < -0.4 is 4.90 Å². The molecule has 0 aromatic carbocycles. The maximum absolute atomic E-state index is 9.08. The number of nitrogens with zero attached hydrogens (tertiary/aromatic N) is 2. The highest BCUT2D eigenvalue weighted by Crippen LogP contribution is 2.19. The van der Waals surface area contributed by atoms with Crippen LogP contribution in [0.4, 0.5) is 5.69 Å². The molecule has 0 spiro atoms. The first kappa shape index (κ1) is 9.99. The van der Waals surface area contributed by atoms with Crippen LogP contribution in [0.1, 0.15) is 19.4 Å². The minimum absolute atomic E-state index is 0.0419. The molecule has 0 aliphatic heterocycles. The van der Waals surface area contributed by atoms with Crippen molar-refractivity contribution in [1.29, 1.82) is 0 Å². The molecule has 0 bridgehead atoms. The van der Waals surface area contributed by atoms with Crippen LogP contribution >= 0.6 is 0 Å². The monoisotopic (exact) mass is 180 g/mol. The van der Waals surface area contributed by atoms with Crippen LogP contribution in [-0.2, 0) is 6.61 Å². The molecule has 3 heteroatoms. The van der Waals surface area contributed by atoms with Crippen LogP contribution in [0.5, 0.6) is 0 Å². The van der Waals surface area contributed by atoms with Gasteiger partial charge in [-0.25, -0.2) is 0 Å². The van der Waals surface area contributed by atoms with Crippen molar-refractivity contribution in [3.63, 3.8) is 0 Å². The normalized spacial score (nSPS) is 10.5. The Kier molecular flexibility index (Phi) is 3.25. The first-order valence-corrected chi connectivity index (χ1v) is 4.43. The van der Waals surface area contributed by atoms with Gasteiger partial charge in [0.25, 0.3) is 0 Å². The number of rotatable bonds is 3. The Balaban J connectivity index is 2.98. The zero-order valence-electron chi connectivity index (χ0n) is 8.36. The van der Waals surface area contributed by atoms with E-state index in [1.807, 2.05) is 13.1 Å². The molecule has 1 aromatic rings. The predicted octanol–water partition coefficient (Wildman–Crippen LogP) is 1.42. The van der Waals surface area contributed by atoms with E-state index in [2.05, 4.69) is 23.7 Å². The molecular formula is C10H16N2O. The van der Waals surface area contributed by atoms with Gasteiger partial charge in [0.1, 0.15) is 0 Å². The highest BCUT2D eigenvalue weighted by molar-refractivity contribution is 5.51. The molecule has 0 atom stereocenters. The minimum Gasteiger partial charge on any atom is -0.392 e. The zero-order chi connectivity index (χ0) is 9.84. The smallest absolute Gasteiger partial charge is 0.0717 e. The lowest BCUT2D eigenvalue weighted by Crippen LogP contribution is -2.26. The van der Waals surface area contributed by atoms with E-state index in [1.165, 1.54) is 0 Å². The molecule has 0 aliphatic carbocycles. The maximum atomic E-state index is 9.08. The van der Waals surface area contributed by atoms with Gasteiger partial charge in [0.15, 0.2) is 0 Å². The van der Waals surface area contributed by atoms with Gasteiger partial charge in [-0.1, -0.05) is 0 Å². The van der Waals surface area contributed by atoms with Gasteiger partial charge in [0.05, 0.1) is 6.61 Å². The van der Waals surface area contributed by atoms with Crippen molar-refractivity contribution in [2.45, 2.75) is 26.5 Å². The highest BCUT2D eigenvalue weighted by atomic mass is 16.3. The summed E-state index contributed by atoms with van der Waals surface area (Å²) in [6.07, 6.45) is 3.45. The summed E-state index contributed by atoms with van der Waals surface area (Å²) in [4.78, 5) is 6.09. The van der Waals surface area contributed by atoms with Crippen molar-refractivity contribution in [1.82, 2.24) is 4.98 Å². The lowest BCUT2D eigenvalue weighted by molar-refractivity contribution is 0.281. The molecule has 0 amide bonds. The van der Waals surface area contributed by atoms with Crippen LogP contribution in [0.25, 0.3) is 0 Å². The highest BCUT2D eigenvalue weighted by Gasteiger charge is 2.08. The van der Waals surface area contributed by atoms with Gasteiger partial charge in [-0.05, 0) is 19.9 Å². The third kappa shape index (κ3) is 2.18. The fourth-order valence-electron chi connectivity index (χ4n) is 1.16. The number of aromatic nitrogens is 1. The summed E-state index contributed by atoms with van der Waals surface area (Å²) >= 11 is 0. The van der Waals surface area contributed by atoms with E-state index in [-0.39, 0.29) is 6.61 Å². The van der Waals surface area contributed by atoms with Crippen LogP contribution in [0.2, 0.25) is 0 Å². The first-order valence-electron chi connectivity index (χ1n) is 4.43. The lowest BCUT2D eigenvalue weighted by atomic mass is 10.2. The topological polar surface area (TPSA) is 36.4 Å². The number of hydrogen-bond donors (Lipinski definition) is 1. The molecule has 0 radical (unpaired) electrons. The SMILES string of the molecule is CC(C)N(C)c1ccncc1CO. The summed E-state index contributed by atoms with van der Waals surface area (Å²) in [5.74, 6) is 0. The number of anilines is 1. The second-order valence-electron chi connectivity index (χ2n) is 3.37. The lowest BCUT2D eigenvalue weighted by Gasteiger charge is -2.25. The van der Waals surface area contributed by atoms with Crippen LogP contribution in [0, 0.1) is 0 Å². The van der Waals surface area contributed by atoms with Gasteiger partial charge in [0.2, 0.25) is 0 Å². The van der Waals surface area contributed by atoms with Crippen molar-refractivity contribution in [2.75, 3.05) is 11.9 Å². The summed E-state index contributed by atoms with van der Waals surface area (Å²) < 4.78 is 0. The zero-order valence-corrected chi connectivity index (χ0v) is 8.36. The van der Waals surface area contributed by atoms with Gasteiger partial charge in [-0.2, -0.15) is 0 Å². The minimum atomic E-state index is 0.0419. The van der Waals surface area contributed by atoms with E-state index in [0.717, 1.165) is 11.3 Å². The molecule has 0 saturated carbocycles. The first-order chi connectivity index (χ1) is 6.16. The van der Waals surface area contributed by atoms with E-state index in [0.29, 0.717) is 6.04 Å². The molecule has 1 N–H and O–H groups in total. The molecule has 0 unspecified atom stereocenters. The van der Waals surface area contributed by atoms with Crippen molar-refractivity contribution < 1.29 is 5.11 Å². The third-order valence-corrected chi connectivity index (χ3v) is 2.20. The molecular weight excluding hydrogens is 164 g/mol. The fraction of sp³-hybridized carbons (Fsp3) is 0.500. The second-order valence-corrected chi connectivity index (χ2v) is 3.37. The standard InChI is InChI=1S/C10H16N2O/c1-8(2)12(3)10-4-5-11-6-9(10)7-13/h4-6,8,13H,7H2,1-3H3. The Morgan fingerprint density at radius 3 is 2.77 bits per heavy atom. The van der Waals surface area contributed by atoms with Crippen LogP contribution in [0.3, 0.4) is 0 Å². The molecule has 13 heavy (non-hydrogen) atoms. The van der Waals surface area contributed by atoms with Crippen molar-refractivity contribution in [3.8, 4) is 0 Å². The van der Waals surface area contributed by atoms with Crippen molar-refractivity contribution in [2.24, 2.45) is 0 Å². The Labute approximate surface area is 79.0 Å². The number of aliphatic hydroxyl groups excluding tert-OH is 1. The van der Waals surface area contributed by atoms with Gasteiger partial charge < -0.3 is 10.0 Å². The van der Waals surface area contributed by atoms with E-state index in [1.54, 1.807) is 12.4 Å². The number of pyridine rings is 1. The molecule has 1 aromatic heterocycles.